The number of sulfonamides is 1. The molecule has 0 heterocycles. The lowest BCUT2D eigenvalue weighted by molar-refractivity contribution is 0.0696. The van der Waals surface area contributed by atoms with Crippen LogP contribution in [0.5, 0.6) is 5.75 Å². The number of carboxylic acids is 1. The van der Waals surface area contributed by atoms with Gasteiger partial charge in [0.2, 0.25) is 0 Å². The Kier molecular flexibility index (Phi) is 4.19. The standard InChI is InChI=1S/C13H10BrNO5S/c14-9-3-1-2-4-12(9)21(19,20)15-10-6-5-8(13(17)18)7-11(10)16/h1-7,15-16H,(H,17,18). The molecule has 3 N–H and O–H groups in total. The maximum absolute atomic E-state index is 12.2. The Morgan fingerprint density at radius 1 is 1.14 bits per heavy atom. The van der Waals surface area contributed by atoms with Gasteiger partial charge in [-0.25, -0.2) is 13.2 Å². The Bertz CT molecular complexity index is 804. The van der Waals surface area contributed by atoms with Gasteiger partial charge in [0.05, 0.1) is 11.3 Å². The van der Waals surface area contributed by atoms with Crippen molar-refractivity contribution < 1.29 is 23.4 Å². The molecule has 21 heavy (non-hydrogen) atoms. The number of benzene rings is 2. The molecule has 2 rings (SSSR count). The van der Waals surface area contributed by atoms with Crippen LogP contribution in [0, 0.1) is 0 Å². The largest absolute Gasteiger partial charge is 0.506 e. The molecule has 0 radical (unpaired) electrons. The second-order valence-electron chi connectivity index (χ2n) is 4.07. The smallest absolute Gasteiger partial charge is 0.335 e. The molecule has 0 saturated carbocycles. The average molecular weight is 372 g/mol. The lowest BCUT2D eigenvalue weighted by Crippen LogP contribution is -2.13. The number of hydrogen-bond donors (Lipinski definition) is 3. The van der Waals surface area contributed by atoms with Crippen molar-refractivity contribution in [2.75, 3.05) is 4.72 Å². The van der Waals surface area contributed by atoms with Crippen LogP contribution in [-0.2, 0) is 10.0 Å². The number of aromatic hydroxyl groups is 1. The van der Waals surface area contributed by atoms with E-state index in [4.69, 9.17) is 5.11 Å². The van der Waals surface area contributed by atoms with Gasteiger partial charge >= 0.3 is 5.97 Å². The third-order valence-corrected chi connectivity index (χ3v) is 4.99. The van der Waals surface area contributed by atoms with Gasteiger partial charge in [-0.1, -0.05) is 12.1 Å². The van der Waals surface area contributed by atoms with Crippen LogP contribution in [-0.4, -0.2) is 24.6 Å². The van der Waals surface area contributed by atoms with Gasteiger partial charge in [-0.3, -0.25) is 4.72 Å². The summed E-state index contributed by atoms with van der Waals surface area (Å²) in [6, 6.07) is 9.55. The monoisotopic (exact) mass is 371 g/mol. The van der Waals surface area contributed by atoms with E-state index in [1.54, 1.807) is 18.2 Å². The van der Waals surface area contributed by atoms with Gasteiger partial charge in [0.15, 0.2) is 0 Å². The van der Waals surface area contributed by atoms with Crippen LogP contribution in [0.4, 0.5) is 5.69 Å². The number of aromatic carboxylic acids is 1. The summed E-state index contributed by atoms with van der Waals surface area (Å²) in [5.41, 5.74) is -0.243. The lowest BCUT2D eigenvalue weighted by atomic mass is 10.2. The van der Waals surface area contributed by atoms with E-state index in [2.05, 4.69) is 20.7 Å². The molecule has 110 valence electrons. The van der Waals surface area contributed by atoms with Crippen LogP contribution >= 0.6 is 15.9 Å². The molecule has 0 bridgehead atoms. The molecule has 0 saturated heterocycles. The van der Waals surface area contributed by atoms with E-state index in [0.29, 0.717) is 4.47 Å². The molecule has 0 fully saturated rings. The SMILES string of the molecule is O=C(O)c1ccc(NS(=O)(=O)c2ccccc2Br)c(O)c1. The highest BCUT2D eigenvalue weighted by molar-refractivity contribution is 9.10. The minimum Gasteiger partial charge on any atom is -0.506 e. The molecule has 0 atom stereocenters. The molecule has 0 spiro atoms. The summed E-state index contributed by atoms with van der Waals surface area (Å²) >= 11 is 3.14. The maximum Gasteiger partial charge on any atom is 0.335 e. The van der Waals surface area contributed by atoms with Crippen LogP contribution in [0.3, 0.4) is 0 Å². The van der Waals surface area contributed by atoms with E-state index < -0.39 is 21.7 Å². The van der Waals surface area contributed by atoms with Crippen LogP contribution < -0.4 is 4.72 Å². The van der Waals surface area contributed by atoms with E-state index in [9.17, 15) is 18.3 Å². The lowest BCUT2D eigenvalue weighted by Gasteiger charge is -2.11. The first kappa shape index (κ1) is 15.3. The average Bonchev–Trinajstić information content (AvgIpc) is 2.41. The zero-order valence-electron chi connectivity index (χ0n) is 10.4. The number of carboxylic acid groups (broad SMARTS) is 1. The number of hydrogen-bond acceptors (Lipinski definition) is 4. The van der Waals surface area contributed by atoms with Crippen molar-refractivity contribution in [3.63, 3.8) is 0 Å². The summed E-state index contributed by atoms with van der Waals surface area (Å²) in [4.78, 5) is 10.8. The van der Waals surface area contributed by atoms with Crippen LogP contribution in [0.1, 0.15) is 10.4 Å². The van der Waals surface area contributed by atoms with Gasteiger partial charge in [0, 0.05) is 4.47 Å². The Balaban J connectivity index is 2.38. The fourth-order valence-corrected chi connectivity index (χ4v) is 3.69. The number of nitrogens with one attached hydrogen (secondary N) is 1. The fraction of sp³-hybridized carbons (Fsp3) is 0. The number of rotatable bonds is 4. The Morgan fingerprint density at radius 2 is 1.81 bits per heavy atom. The summed E-state index contributed by atoms with van der Waals surface area (Å²) in [6.07, 6.45) is 0. The summed E-state index contributed by atoms with van der Waals surface area (Å²) < 4.78 is 27.0. The number of carbonyl (C=O) groups is 1. The topological polar surface area (TPSA) is 104 Å². The predicted molar refractivity (Wildman–Crippen MR) is 80.0 cm³/mol. The van der Waals surface area contributed by atoms with Gasteiger partial charge in [-0.15, -0.1) is 0 Å². The van der Waals surface area contributed by atoms with Crippen molar-refractivity contribution >= 4 is 37.6 Å². The molecule has 8 heteroatoms. The van der Waals surface area contributed by atoms with Crippen molar-refractivity contribution in [1.29, 1.82) is 0 Å². The Morgan fingerprint density at radius 3 is 2.38 bits per heavy atom. The number of phenolic OH excluding ortho intramolecular Hbond substituents is 1. The van der Waals surface area contributed by atoms with Crippen molar-refractivity contribution in [2.24, 2.45) is 0 Å². The van der Waals surface area contributed by atoms with Crippen LogP contribution in [0.2, 0.25) is 0 Å². The minimum absolute atomic E-state index is 0.00621. The van der Waals surface area contributed by atoms with E-state index in [1.807, 2.05) is 0 Å². The molecule has 0 aliphatic heterocycles. The van der Waals surface area contributed by atoms with Crippen LogP contribution in [0.25, 0.3) is 0 Å². The third-order valence-electron chi connectivity index (χ3n) is 2.62. The zero-order valence-corrected chi connectivity index (χ0v) is 12.8. The Hall–Kier alpha value is -2.06. The number of halogens is 1. The van der Waals surface area contributed by atoms with E-state index in [-0.39, 0.29) is 16.1 Å². The van der Waals surface area contributed by atoms with E-state index in [1.165, 1.54) is 18.2 Å². The van der Waals surface area contributed by atoms with Crippen LogP contribution in [0.15, 0.2) is 51.8 Å². The molecular formula is C13H10BrNO5S. The van der Waals surface area contributed by atoms with Crippen molar-refractivity contribution in [2.45, 2.75) is 4.90 Å². The molecule has 0 aromatic heterocycles. The summed E-state index contributed by atoms with van der Waals surface area (Å²) in [5.74, 6) is -1.68. The first-order valence-corrected chi connectivity index (χ1v) is 7.92. The summed E-state index contributed by atoms with van der Waals surface area (Å²) in [6.45, 7) is 0. The molecule has 0 unspecified atom stereocenters. The molecule has 0 aliphatic carbocycles. The molecule has 0 aliphatic rings. The van der Waals surface area contributed by atoms with Gasteiger partial charge < -0.3 is 10.2 Å². The highest BCUT2D eigenvalue weighted by Crippen LogP contribution is 2.29. The molecular weight excluding hydrogens is 362 g/mol. The Labute approximate surface area is 129 Å². The van der Waals surface area contributed by atoms with Gasteiger partial charge in [0.1, 0.15) is 10.6 Å². The quantitative estimate of drug-likeness (QED) is 0.716. The van der Waals surface area contributed by atoms with Gasteiger partial charge in [-0.2, -0.15) is 0 Å². The zero-order chi connectivity index (χ0) is 15.6. The first-order valence-electron chi connectivity index (χ1n) is 5.65. The summed E-state index contributed by atoms with van der Waals surface area (Å²) in [7, 11) is -3.90. The maximum atomic E-state index is 12.2. The van der Waals surface area contributed by atoms with Gasteiger partial charge in [-0.05, 0) is 46.3 Å². The van der Waals surface area contributed by atoms with Crippen molar-refractivity contribution in [3.05, 3.63) is 52.5 Å². The fourth-order valence-electron chi connectivity index (χ4n) is 1.61. The second kappa shape index (κ2) is 5.74. The molecule has 0 amide bonds. The third kappa shape index (κ3) is 3.34. The molecule has 2 aromatic rings. The molecule has 6 nitrogen and oxygen atoms in total. The summed E-state index contributed by atoms with van der Waals surface area (Å²) in [5, 5.41) is 18.5. The first-order chi connectivity index (χ1) is 9.81. The predicted octanol–water partition coefficient (Wildman–Crippen LogP) is 2.65. The second-order valence-corrected chi connectivity index (χ2v) is 6.58. The van der Waals surface area contributed by atoms with Gasteiger partial charge in [0.25, 0.3) is 10.0 Å². The van der Waals surface area contributed by atoms with E-state index >= 15 is 0 Å². The van der Waals surface area contributed by atoms with Crippen molar-refractivity contribution in [3.8, 4) is 5.75 Å². The molecule has 2 aromatic carbocycles. The highest BCUT2D eigenvalue weighted by atomic mass is 79.9. The minimum atomic E-state index is -3.90. The van der Waals surface area contributed by atoms with Crippen molar-refractivity contribution in [1.82, 2.24) is 0 Å². The normalized spacial score (nSPS) is 11.1. The highest BCUT2D eigenvalue weighted by Gasteiger charge is 2.19. The van der Waals surface area contributed by atoms with E-state index in [0.717, 1.165) is 6.07 Å². The number of phenols is 1. The number of anilines is 1.